The first kappa shape index (κ1) is 13.2. The minimum Gasteiger partial charge on any atom is -0.305 e. The van der Waals surface area contributed by atoms with E-state index in [1.807, 2.05) is 35.4 Å². The fourth-order valence-corrected chi connectivity index (χ4v) is 2.57. The molecule has 0 radical (unpaired) electrons. The lowest BCUT2D eigenvalue weighted by molar-refractivity contribution is 0.540. The SMILES string of the molecule is CCNC(c1ccncc1)c1c(Br)cnn1CC. The zero-order valence-electron chi connectivity index (χ0n) is 10.6. The third-order valence-corrected chi connectivity index (χ3v) is 3.46. The Balaban J connectivity index is 2.44. The first-order valence-corrected chi connectivity index (χ1v) is 6.91. The average molecular weight is 309 g/mol. The van der Waals surface area contributed by atoms with Crippen molar-refractivity contribution in [1.29, 1.82) is 0 Å². The lowest BCUT2D eigenvalue weighted by Crippen LogP contribution is -2.25. The van der Waals surface area contributed by atoms with Crippen LogP contribution >= 0.6 is 15.9 Å². The van der Waals surface area contributed by atoms with E-state index in [0.717, 1.165) is 23.3 Å². The van der Waals surface area contributed by atoms with Gasteiger partial charge in [0.1, 0.15) is 0 Å². The van der Waals surface area contributed by atoms with Gasteiger partial charge in [-0.25, -0.2) is 0 Å². The summed E-state index contributed by atoms with van der Waals surface area (Å²) in [5.74, 6) is 0. The summed E-state index contributed by atoms with van der Waals surface area (Å²) in [6.45, 7) is 5.95. The molecule has 0 aliphatic rings. The van der Waals surface area contributed by atoms with Crippen LogP contribution in [0.1, 0.15) is 31.1 Å². The number of nitrogens with zero attached hydrogens (tertiary/aromatic N) is 3. The maximum Gasteiger partial charge on any atom is 0.0760 e. The smallest absolute Gasteiger partial charge is 0.0760 e. The van der Waals surface area contributed by atoms with E-state index in [1.165, 1.54) is 5.56 Å². The zero-order chi connectivity index (χ0) is 13.0. The molecule has 96 valence electrons. The highest BCUT2D eigenvalue weighted by atomic mass is 79.9. The topological polar surface area (TPSA) is 42.7 Å². The monoisotopic (exact) mass is 308 g/mol. The maximum atomic E-state index is 4.38. The van der Waals surface area contributed by atoms with Crippen molar-refractivity contribution in [2.75, 3.05) is 6.54 Å². The second kappa shape index (κ2) is 6.11. The quantitative estimate of drug-likeness (QED) is 0.923. The molecule has 2 heterocycles. The van der Waals surface area contributed by atoms with Crippen LogP contribution in [0.15, 0.2) is 35.2 Å². The molecule has 0 aromatic carbocycles. The highest BCUT2D eigenvalue weighted by Crippen LogP contribution is 2.28. The largest absolute Gasteiger partial charge is 0.305 e. The Hall–Kier alpha value is -1.20. The van der Waals surface area contributed by atoms with E-state index in [0.29, 0.717) is 0 Å². The molecule has 0 fully saturated rings. The normalized spacial score (nSPS) is 12.6. The number of rotatable bonds is 5. The van der Waals surface area contributed by atoms with Gasteiger partial charge in [0.2, 0.25) is 0 Å². The number of aryl methyl sites for hydroxylation is 1. The van der Waals surface area contributed by atoms with E-state index < -0.39 is 0 Å². The molecule has 1 atom stereocenters. The fraction of sp³-hybridized carbons (Fsp3) is 0.385. The summed E-state index contributed by atoms with van der Waals surface area (Å²) in [5.41, 5.74) is 2.35. The summed E-state index contributed by atoms with van der Waals surface area (Å²) in [6, 6.07) is 4.20. The van der Waals surface area contributed by atoms with E-state index in [9.17, 15) is 0 Å². The highest BCUT2D eigenvalue weighted by Gasteiger charge is 2.20. The lowest BCUT2D eigenvalue weighted by atomic mass is 10.1. The van der Waals surface area contributed by atoms with Crippen LogP contribution in [-0.4, -0.2) is 21.3 Å². The number of hydrogen-bond acceptors (Lipinski definition) is 3. The molecule has 0 amide bonds. The van der Waals surface area contributed by atoms with Crippen LogP contribution < -0.4 is 5.32 Å². The van der Waals surface area contributed by atoms with Gasteiger partial charge in [0.05, 0.1) is 22.4 Å². The standard InChI is InChI=1S/C13H17BrN4/c1-3-16-12(10-5-7-15-8-6-10)13-11(14)9-17-18(13)4-2/h5-9,12,16H,3-4H2,1-2H3. The first-order valence-electron chi connectivity index (χ1n) is 6.12. The Kier molecular flexibility index (Phi) is 4.49. The van der Waals surface area contributed by atoms with Crippen molar-refractivity contribution in [3.05, 3.63) is 46.5 Å². The first-order chi connectivity index (χ1) is 8.77. The van der Waals surface area contributed by atoms with E-state index in [-0.39, 0.29) is 6.04 Å². The summed E-state index contributed by atoms with van der Waals surface area (Å²) in [6.07, 6.45) is 5.49. The molecular formula is C13H17BrN4. The number of nitrogens with one attached hydrogen (secondary N) is 1. The van der Waals surface area contributed by atoms with Crippen molar-refractivity contribution in [1.82, 2.24) is 20.1 Å². The predicted molar refractivity (Wildman–Crippen MR) is 75.4 cm³/mol. The maximum absolute atomic E-state index is 4.38. The molecule has 2 rings (SSSR count). The van der Waals surface area contributed by atoms with E-state index in [4.69, 9.17) is 0 Å². The van der Waals surface area contributed by atoms with Crippen molar-refractivity contribution in [2.45, 2.75) is 26.4 Å². The minimum absolute atomic E-state index is 0.134. The van der Waals surface area contributed by atoms with Gasteiger partial charge in [0, 0.05) is 18.9 Å². The molecule has 0 spiro atoms. The van der Waals surface area contributed by atoms with Gasteiger partial charge < -0.3 is 5.32 Å². The summed E-state index contributed by atoms with van der Waals surface area (Å²) >= 11 is 3.59. The van der Waals surface area contributed by atoms with Gasteiger partial charge in [-0.15, -0.1) is 0 Å². The molecule has 0 bridgehead atoms. The molecule has 0 aliphatic heterocycles. The number of aromatic nitrogens is 3. The number of hydrogen-bond donors (Lipinski definition) is 1. The molecule has 0 saturated heterocycles. The van der Waals surface area contributed by atoms with Crippen molar-refractivity contribution in [3.63, 3.8) is 0 Å². The lowest BCUT2D eigenvalue weighted by Gasteiger charge is -2.20. The van der Waals surface area contributed by atoms with Gasteiger partial charge in [-0.1, -0.05) is 6.92 Å². The van der Waals surface area contributed by atoms with Gasteiger partial charge in [-0.2, -0.15) is 5.10 Å². The molecule has 1 unspecified atom stereocenters. The summed E-state index contributed by atoms with van der Waals surface area (Å²) < 4.78 is 3.05. The van der Waals surface area contributed by atoms with Crippen molar-refractivity contribution < 1.29 is 0 Å². The molecule has 2 aromatic rings. The third kappa shape index (κ3) is 2.62. The van der Waals surface area contributed by atoms with E-state index in [1.54, 1.807) is 0 Å². The van der Waals surface area contributed by atoms with Crippen LogP contribution in [0.5, 0.6) is 0 Å². The molecule has 0 saturated carbocycles. The number of pyridine rings is 1. The highest BCUT2D eigenvalue weighted by molar-refractivity contribution is 9.10. The summed E-state index contributed by atoms with van der Waals surface area (Å²) in [5, 5.41) is 7.88. The molecule has 1 N–H and O–H groups in total. The van der Waals surface area contributed by atoms with Crippen LogP contribution in [0.4, 0.5) is 0 Å². The Morgan fingerprint density at radius 2 is 2.06 bits per heavy atom. The average Bonchev–Trinajstić information content (AvgIpc) is 2.78. The summed E-state index contributed by atoms with van der Waals surface area (Å²) in [7, 11) is 0. The Labute approximate surface area is 116 Å². The molecule has 5 heteroatoms. The van der Waals surface area contributed by atoms with Gasteiger partial charge in [0.15, 0.2) is 0 Å². The zero-order valence-corrected chi connectivity index (χ0v) is 12.2. The molecule has 0 aliphatic carbocycles. The minimum atomic E-state index is 0.134. The van der Waals surface area contributed by atoms with Crippen LogP contribution in [-0.2, 0) is 6.54 Å². The second-order valence-corrected chi connectivity index (χ2v) is 4.82. The van der Waals surface area contributed by atoms with Gasteiger partial charge in [-0.3, -0.25) is 9.67 Å². The Morgan fingerprint density at radius 1 is 1.33 bits per heavy atom. The molecule has 2 aromatic heterocycles. The van der Waals surface area contributed by atoms with Crippen molar-refractivity contribution in [3.8, 4) is 0 Å². The fourth-order valence-electron chi connectivity index (χ4n) is 2.04. The Morgan fingerprint density at radius 3 is 2.67 bits per heavy atom. The van der Waals surface area contributed by atoms with Gasteiger partial charge in [0.25, 0.3) is 0 Å². The van der Waals surface area contributed by atoms with Crippen molar-refractivity contribution in [2.24, 2.45) is 0 Å². The molecule has 18 heavy (non-hydrogen) atoms. The van der Waals surface area contributed by atoms with Crippen LogP contribution in [0.2, 0.25) is 0 Å². The number of halogens is 1. The van der Waals surface area contributed by atoms with Crippen LogP contribution in [0, 0.1) is 0 Å². The second-order valence-electron chi connectivity index (χ2n) is 3.96. The van der Waals surface area contributed by atoms with Crippen molar-refractivity contribution >= 4 is 15.9 Å². The summed E-state index contributed by atoms with van der Waals surface area (Å²) in [4.78, 5) is 4.07. The van der Waals surface area contributed by atoms with Gasteiger partial charge in [-0.05, 0) is 47.1 Å². The van der Waals surface area contributed by atoms with Crippen LogP contribution in [0.25, 0.3) is 0 Å². The van der Waals surface area contributed by atoms with E-state index in [2.05, 4.69) is 45.2 Å². The van der Waals surface area contributed by atoms with Gasteiger partial charge >= 0.3 is 0 Å². The Bertz CT molecular complexity index is 495. The molecular weight excluding hydrogens is 292 g/mol. The van der Waals surface area contributed by atoms with E-state index >= 15 is 0 Å². The third-order valence-electron chi connectivity index (χ3n) is 2.85. The van der Waals surface area contributed by atoms with Crippen LogP contribution in [0.3, 0.4) is 0 Å². The predicted octanol–water partition coefficient (Wildman–Crippen LogP) is 2.76. The molecule has 4 nitrogen and oxygen atoms in total.